The van der Waals surface area contributed by atoms with Crippen molar-refractivity contribution in [3.63, 3.8) is 0 Å². The van der Waals surface area contributed by atoms with Crippen molar-refractivity contribution in [3.8, 4) is 5.75 Å². The molecule has 0 saturated heterocycles. The number of benzene rings is 1. The number of esters is 1. The van der Waals surface area contributed by atoms with Gasteiger partial charge >= 0.3 is 5.97 Å². The van der Waals surface area contributed by atoms with E-state index in [0.29, 0.717) is 11.4 Å². The molecule has 76 valence electrons. The van der Waals surface area contributed by atoms with Crippen LogP contribution in [0.25, 0.3) is 0 Å². The molecule has 4 heteroatoms. The molecule has 15 heavy (non-hydrogen) atoms. The summed E-state index contributed by atoms with van der Waals surface area (Å²) in [6.07, 6.45) is 2.48. The SMILES string of the molecule is C=CC(=O)Oc1cc(N=C=O)ccc1C. The monoisotopic (exact) mass is 203 g/mol. The topological polar surface area (TPSA) is 55.7 Å². The van der Waals surface area contributed by atoms with Gasteiger partial charge in [-0.05, 0) is 18.6 Å². The molecular weight excluding hydrogens is 194 g/mol. The average molecular weight is 203 g/mol. The van der Waals surface area contributed by atoms with Crippen molar-refractivity contribution in [3.05, 3.63) is 36.4 Å². The van der Waals surface area contributed by atoms with E-state index in [1.54, 1.807) is 19.1 Å². The second-order valence-corrected chi connectivity index (χ2v) is 2.78. The summed E-state index contributed by atoms with van der Waals surface area (Å²) in [6.45, 7) is 5.06. The van der Waals surface area contributed by atoms with Gasteiger partial charge in [0.1, 0.15) is 5.75 Å². The summed E-state index contributed by atoms with van der Waals surface area (Å²) in [5.74, 6) is -0.193. The molecule has 0 saturated carbocycles. The molecule has 0 aliphatic heterocycles. The smallest absolute Gasteiger partial charge is 0.335 e. The van der Waals surface area contributed by atoms with E-state index in [1.807, 2.05) is 0 Å². The Hall–Kier alpha value is -2.19. The fraction of sp³-hybridized carbons (Fsp3) is 0.0909. The minimum Gasteiger partial charge on any atom is -0.423 e. The van der Waals surface area contributed by atoms with Crippen molar-refractivity contribution in [1.29, 1.82) is 0 Å². The number of rotatable bonds is 3. The molecule has 4 nitrogen and oxygen atoms in total. The maximum absolute atomic E-state index is 11.0. The van der Waals surface area contributed by atoms with Gasteiger partial charge in [-0.3, -0.25) is 0 Å². The maximum Gasteiger partial charge on any atom is 0.335 e. The van der Waals surface area contributed by atoms with Crippen LogP contribution in [0.2, 0.25) is 0 Å². The molecule has 0 amide bonds. The van der Waals surface area contributed by atoms with E-state index in [-0.39, 0.29) is 0 Å². The van der Waals surface area contributed by atoms with Crippen LogP contribution in [0.3, 0.4) is 0 Å². The van der Waals surface area contributed by atoms with Crippen molar-refractivity contribution >= 4 is 17.7 Å². The summed E-state index contributed by atoms with van der Waals surface area (Å²) in [6, 6.07) is 4.81. The Morgan fingerprint density at radius 2 is 2.33 bits per heavy atom. The van der Waals surface area contributed by atoms with Crippen LogP contribution in [-0.4, -0.2) is 12.0 Å². The summed E-state index contributed by atoms with van der Waals surface area (Å²) in [5, 5.41) is 0. The first kappa shape index (κ1) is 10.9. The van der Waals surface area contributed by atoms with E-state index in [1.165, 1.54) is 12.1 Å². The van der Waals surface area contributed by atoms with Gasteiger partial charge < -0.3 is 4.74 Å². The molecule has 0 aliphatic carbocycles. The van der Waals surface area contributed by atoms with Gasteiger partial charge in [0.15, 0.2) is 0 Å². The number of nitrogens with zero attached hydrogens (tertiary/aromatic N) is 1. The van der Waals surface area contributed by atoms with Crippen LogP contribution in [0, 0.1) is 6.92 Å². The lowest BCUT2D eigenvalue weighted by Gasteiger charge is -2.05. The number of hydrogen-bond acceptors (Lipinski definition) is 4. The molecule has 0 fully saturated rings. The lowest BCUT2D eigenvalue weighted by atomic mass is 10.2. The van der Waals surface area contributed by atoms with Crippen LogP contribution in [0.1, 0.15) is 5.56 Å². The van der Waals surface area contributed by atoms with Gasteiger partial charge in [-0.15, -0.1) is 0 Å². The summed E-state index contributed by atoms with van der Waals surface area (Å²) in [7, 11) is 0. The summed E-state index contributed by atoms with van der Waals surface area (Å²) >= 11 is 0. The number of carbonyl (C=O) groups excluding carboxylic acids is 2. The lowest BCUT2D eigenvalue weighted by molar-refractivity contribution is -0.129. The van der Waals surface area contributed by atoms with Crippen LogP contribution in [0.5, 0.6) is 5.75 Å². The molecule has 0 aliphatic rings. The Morgan fingerprint density at radius 1 is 1.60 bits per heavy atom. The van der Waals surface area contributed by atoms with E-state index < -0.39 is 5.97 Å². The minimum atomic E-state index is -0.551. The molecule has 0 spiro atoms. The number of aliphatic imine (C=N–C) groups is 1. The quantitative estimate of drug-likeness (QED) is 0.248. The van der Waals surface area contributed by atoms with Crippen LogP contribution < -0.4 is 4.74 Å². The number of isocyanates is 1. The van der Waals surface area contributed by atoms with Crippen LogP contribution in [0.4, 0.5) is 5.69 Å². The second-order valence-electron chi connectivity index (χ2n) is 2.78. The molecule has 0 unspecified atom stereocenters. The average Bonchev–Trinajstić information content (AvgIpc) is 2.23. The fourth-order valence-electron chi connectivity index (χ4n) is 0.971. The standard InChI is InChI=1S/C11H9NO3/c1-3-11(14)15-10-6-9(12-7-13)5-4-8(10)2/h3-6H,1H2,2H3. The van der Waals surface area contributed by atoms with Gasteiger partial charge in [-0.25, -0.2) is 9.59 Å². The van der Waals surface area contributed by atoms with E-state index in [9.17, 15) is 9.59 Å². The fourth-order valence-corrected chi connectivity index (χ4v) is 0.971. The number of aryl methyl sites for hydroxylation is 1. The number of carbonyl (C=O) groups is 1. The Balaban J connectivity index is 3.04. The van der Waals surface area contributed by atoms with Crippen molar-refractivity contribution in [2.75, 3.05) is 0 Å². The second kappa shape index (κ2) is 4.88. The summed E-state index contributed by atoms with van der Waals surface area (Å²) in [4.78, 5) is 24.4. The predicted molar refractivity (Wildman–Crippen MR) is 54.8 cm³/mol. The maximum atomic E-state index is 11.0. The summed E-state index contributed by atoms with van der Waals surface area (Å²) in [5.41, 5.74) is 1.16. The predicted octanol–water partition coefficient (Wildman–Crippen LogP) is 2.05. The third kappa shape index (κ3) is 2.90. The van der Waals surface area contributed by atoms with E-state index in [2.05, 4.69) is 11.6 Å². The normalized spacial score (nSPS) is 8.87. The van der Waals surface area contributed by atoms with Crippen molar-refractivity contribution in [2.45, 2.75) is 6.92 Å². The molecular formula is C11H9NO3. The Bertz CT molecular complexity index is 445. The Labute approximate surface area is 86.9 Å². The summed E-state index contributed by atoms with van der Waals surface area (Å²) < 4.78 is 4.93. The zero-order chi connectivity index (χ0) is 11.3. The minimum absolute atomic E-state index is 0.358. The van der Waals surface area contributed by atoms with Gasteiger partial charge in [-0.2, -0.15) is 4.99 Å². The third-order valence-electron chi connectivity index (χ3n) is 1.72. The number of hydrogen-bond donors (Lipinski definition) is 0. The lowest BCUT2D eigenvalue weighted by Crippen LogP contribution is -2.04. The van der Waals surface area contributed by atoms with Crippen molar-refractivity contribution in [2.24, 2.45) is 4.99 Å². The zero-order valence-electron chi connectivity index (χ0n) is 8.19. The largest absolute Gasteiger partial charge is 0.423 e. The van der Waals surface area contributed by atoms with Crippen LogP contribution in [0.15, 0.2) is 35.8 Å². The highest BCUT2D eigenvalue weighted by Crippen LogP contribution is 2.24. The first-order chi connectivity index (χ1) is 7.17. The van der Waals surface area contributed by atoms with Crippen LogP contribution >= 0.6 is 0 Å². The molecule has 1 aromatic carbocycles. The van der Waals surface area contributed by atoms with Gasteiger partial charge in [0.2, 0.25) is 6.08 Å². The molecule has 0 atom stereocenters. The molecule has 0 bridgehead atoms. The molecule has 0 N–H and O–H groups in total. The third-order valence-corrected chi connectivity index (χ3v) is 1.72. The molecule has 0 radical (unpaired) electrons. The van der Waals surface area contributed by atoms with E-state index in [0.717, 1.165) is 11.6 Å². The Morgan fingerprint density at radius 3 is 2.93 bits per heavy atom. The Kier molecular flexibility index (Phi) is 3.55. The molecule has 0 aromatic heterocycles. The molecule has 1 rings (SSSR count). The number of ether oxygens (including phenoxy) is 1. The molecule has 0 heterocycles. The van der Waals surface area contributed by atoms with Gasteiger partial charge in [0.05, 0.1) is 5.69 Å². The first-order valence-corrected chi connectivity index (χ1v) is 4.20. The highest BCUT2D eigenvalue weighted by molar-refractivity contribution is 5.83. The van der Waals surface area contributed by atoms with Gasteiger partial charge in [0.25, 0.3) is 0 Å². The van der Waals surface area contributed by atoms with E-state index >= 15 is 0 Å². The van der Waals surface area contributed by atoms with Gasteiger partial charge in [0, 0.05) is 12.1 Å². The molecule has 1 aromatic rings. The van der Waals surface area contributed by atoms with Crippen molar-refractivity contribution < 1.29 is 14.3 Å². The van der Waals surface area contributed by atoms with Crippen molar-refractivity contribution in [1.82, 2.24) is 0 Å². The first-order valence-electron chi connectivity index (χ1n) is 4.20. The highest BCUT2D eigenvalue weighted by atomic mass is 16.5. The highest BCUT2D eigenvalue weighted by Gasteiger charge is 2.04. The van der Waals surface area contributed by atoms with Crippen LogP contribution in [-0.2, 0) is 9.59 Å². The zero-order valence-corrected chi connectivity index (χ0v) is 8.19. The van der Waals surface area contributed by atoms with Gasteiger partial charge in [-0.1, -0.05) is 12.6 Å². The van der Waals surface area contributed by atoms with E-state index in [4.69, 9.17) is 4.74 Å².